The molecule has 0 unspecified atom stereocenters. The van der Waals surface area contributed by atoms with E-state index < -0.39 is 12.1 Å². The van der Waals surface area contributed by atoms with Crippen LogP contribution in [-0.2, 0) is 22.6 Å². The summed E-state index contributed by atoms with van der Waals surface area (Å²) in [6.07, 6.45) is 2.85. The van der Waals surface area contributed by atoms with Crippen molar-refractivity contribution in [3.63, 3.8) is 0 Å². The summed E-state index contributed by atoms with van der Waals surface area (Å²) in [5, 5.41) is 2.61. The summed E-state index contributed by atoms with van der Waals surface area (Å²) in [6, 6.07) is 12.4. The lowest BCUT2D eigenvalue weighted by Gasteiger charge is -2.30. The molecule has 1 aliphatic rings. The van der Waals surface area contributed by atoms with E-state index in [-0.39, 0.29) is 12.5 Å². The van der Waals surface area contributed by atoms with Gasteiger partial charge < -0.3 is 15.0 Å². The van der Waals surface area contributed by atoms with Crippen LogP contribution in [0.5, 0.6) is 0 Å². The largest absolute Gasteiger partial charge is 0.445 e. The van der Waals surface area contributed by atoms with Gasteiger partial charge in [0.05, 0.1) is 11.4 Å². The Balaban J connectivity index is 1.57. The highest BCUT2D eigenvalue weighted by molar-refractivity contribution is 5.99. The van der Waals surface area contributed by atoms with Gasteiger partial charge in [0, 0.05) is 12.7 Å². The molecule has 1 atom stereocenters. The molecule has 6 nitrogen and oxygen atoms in total. The van der Waals surface area contributed by atoms with Crippen LogP contribution in [0.1, 0.15) is 24.6 Å². The first-order valence-corrected chi connectivity index (χ1v) is 8.37. The molecule has 1 aromatic carbocycles. The first-order valence-electron chi connectivity index (χ1n) is 8.37. The van der Waals surface area contributed by atoms with E-state index in [2.05, 4.69) is 10.3 Å². The molecule has 0 fully saturated rings. The molecule has 130 valence electrons. The van der Waals surface area contributed by atoms with Crippen LogP contribution in [0.2, 0.25) is 0 Å². The molecule has 0 aliphatic carbocycles. The normalized spacial score (nSPS) is 14.4. The van der Waals surface area contributed by atoms with Crippen molar-refractivity contribution >= 4 is 17.7 Å². The van der Waals surface area contributed by atoms with E-state index in [1.165, 1.54) is 0 Å². The van der Waals surface area contributed by atoms with E-state index in [0.29, 0.717) is 6.54 Å². The number of amides is 2. The van der Waals surface area contributed by atoms with Crippen molar-refractivity contribution in [2.24, 2.45) is 0 Å². The van der Waals surface area contributed by atoms with Gasteiger partial charge in [0.2, 0.25) is 5.91 Å². The van der Waals surface area contributed by atoms with Crippen LogP contribution >= 0.6 is 0 Å². The summed E-state index contributed by atoms with van der Waals surface area (Å²) in [5.74, 6) is -0.161. The zero-order valence-corrected chi connectivity index (χ0v) is 14.1. The van der Waals surface area contributed by atoms with Crippen molar-refractivity contribution in [3.8, 4) is 0 Å². The van der Waals surface area contributed by atoms with Gasteiger partial charge in [-0.2, -0.15) is 0 Å². The lowest BCUT2D eigenvalue weighted by atomic mass is 10.1. The summed E-state index contributed by atoms with van der Waals surface area (Å²) in [4.78, 5) is 30.7. The number of carbonyl (C=O) groups excluding carboxylic acids is 2. The highest BCUT2D eigenvalue weighted by Crippen LogP contribution is 2.25. The predicted octanol–water partition coefficient (Wildman–Crippen LogP) is 2.68. The average Bonchev–Trinajstić information content (AvgIpc) is 2.66. The van der Waals surface area contributed by atoms with Crippen LogP contribution in [-0.4, -0.2) is 29.6 Å². The third kappa shape index (κ3) is 4.15. The number of pyridine rings is 1. The highest BCUT2D eigenvalue weighted by atomic mass is 16.5. The van der Waals surface area contributed by atoms with E-state index in [1.54, 1.807) is 18.0 Å². The van der Waals surface area contributed by atoms with E-state index in [9.17, 15) is 9.59 Å². The third-order valence-corrected chi connectivity index (χ3v) is 4.14. The van der Waals surface area contributed by atoms with Crippen LogP contribution in [0.4, 0.5) is 10.5 Å². The van der Waals surface area contributed by atoms with Gasteiger partial charge >= 0.3 is 6.09 Å². The Morgan fingerprint density at radius 1 is 1.24 bits per heavy atom. The summed E-state index contributed by atoms with van der Waals surface area (Å²) in [5.41, 5.74) is 2.64. The first kappa shape index (κ1) is 17.0. The number of aromatic nitrogens is 1. The maximum absolute atomic E-state index is 12.7. The predicted molar refractivity (Wildman–Crippen MR) is 94.1 cm³/mol. The minimum atomic E-state index is -0.672. The van der Waals surface area contributed by atoms with Gasteiger partial charge in [-0.25, -0.2) is 4.79 Å². The quantitative estimate of drug-likeness (QED) is 0.930. The summed E-state index contributed by atoms with van der Waals surface area (Å²) < 4.78 is 5.17. The van der Waals surface area contributed by atoms with E-state index >= 15 is 0 Å². The molecule has 0 bridgehead atoms. The Morgan fingerprint density at radius 2 is 2.04 bits per heavy atom. The van der Waals surface area contributed by atoms with Crippen molar-refractivity contribution < 1.29 is 14.3 Å². The van der Waals surface area contributed by atoms with Crippen LogP contribution in [0.3, 0.4) is 0 Å². The number of nitrogens with one attached hydrogen (secondary N) is 1. The molecule has 0 spiro atoms. The maximum Gasteiger partial charge on any atom is 0.408 e. The van der Waals surface area contributed by atoms with Crippen LogP contribution in [0.15, 0.2) is 48.7 Å². The van der Waals surface area contributed by atoms with Crippen molar-refractivity contribution in [1.29, 1.82) is 0 Å². The molecule has 1 aliphatic heterocycles. The third-order valence-electron chi connectivity index (χ3n) is 4.14. The number of carbonyl (C=O) groups is 2. The van der Waals surface area contributed by atoms with Gasteiger partial charge in [-0.05, 0) is 37.5 Å². The Hall–Kier alpha value is -2.89. The monoisotopic (exact) mass is 339 g/mol. The molecule has 1 aromatic heterocycles. The molecular formula is C19H21N3O3. The molecule has 1 N–H and O–H groups in total. The Morgan fingerprint density at radius 3 is 2.84 bits per heavy atom. The molecule has 25 heavy (non-hydrogen) atoms. The zero-order valence-electron chi connectivity index (χ0n) is 14.1. The van der Waals surface area contributed by atoms with Gasteiger partial charge in [-0.15, -0.1) is 0 Å². The number of ether oxygens (including phenoxy) is 1. The molecule has 0 saturated heterocycles. The zero-order chi connectivity index (χ0) is 17.6. The van der Waals surface area contributed by atoms with E-state index in [1.807, 2.05) is 42.5 Å². The number of aryl methyl sites for hydroxylation is 1. The standard InChI is InChI=1S/C19H21N3O3/c1-14(21-19(24)25-13-15-7-3-2-4-8-15)18(23)22-12-6-9-16-17(22)10-5-11-20-16/h2-5,7-8,10-11,14H,6,9,12-13H2,1H3,(H,21,24)/t14-/m0/s1. The molecule has 0 saturated carbocycles. The number of hydrogen-bond acceptors (Lipinski definition) is 4. The summed E-state index contributed by atoms with van der Waals surface area (Å²) >= 11 is 0. The molecule has 2 aromatic rings. The summed E-state index contributed by atoms with van der Waals surface area (Å²) in [7, 11) is 0. The highest BCUT2D eigenvalue weighted by Gasteiger charge is 2.27. The number of hydrogen-bond donors (Lipinski definition) is 1. The topological polar surface area (TPSA) is 71.5 Å². The molecular weight excluding hydrogens is 318 g/mol. The second-order valence-corrected chi connectivity index (χ2v) is 5.99. The van der Waals surface area contributed by atoms with Crippen molar-refractivity contribution in [3.05, 3.63) is 59.9 Å². The number of anilines is 1. The second-order valence-electron chi connectivity index (χ2n) is 5.99. The molecule has 3 rings (SSSR count). The van der Waals surface area contributed by atoms with Gasteiger partial charge in [-0.1, -0.05) is 30.3 Å². The van der Waals surface area contributed by atoms with Gasteiger partial charge in [0.1, 0.15) is 12.6 Å². The van der Waals surface area contributed by atoms with Crippen molar-refractivity contribution in [2.75, 3.05) is 11.4 Å². The number of nitrogens with zero attached hydrogens (tertiary/aromatic N) is 2. The molecule has 2 amide bonds. The Kier molecular flexibility index (Phi) is 5.28. The SMILES string of the molecule is C[C@H](NC(=O)OCc1ccccc1)C(=O)N1CCCc2ncccc21. The fourth-order valence-corrected chi connectivity index (χ4v) is 2.86. The van der Waals surface area contributed by atoms with E-state index in [4.69, 9.17) is 4.74 Å². The van der Waals surface area contributed by atoms with Gasteiger partial charge in [0.15, 0.2) is 0 Å². The number of rotatable bonds is 4. The molecule has 2 heterocycles. The van der Waals surface area contributed by atoms with Gasteiger partial charge in [0.25, 0.3) is 0 Å². The number of alkyl carbamates (subject to hydrolysis) is 1. The minimum Gasteiger partial charge on any atom is -0.445 e. The maximum atomic E-state index is 12.7. The second kappa shape index (κ2) is 7.79. The van der Waals surface area contributed by atoms with Crippen LogP contribution in [0, 0.1) is 0 Å². The minimum absolute atomic E-state index is 0.161. The lowest BCUT2D eigenvalue weighted by Crippen LogP contribution is -2.48. The van der Waals surface area contributed by atoms with Gasteiger partial charge in [-0.3, -0.25) is 9.78 Å². The lowest BCUT2D eigenvalue weighted by molar-refractivity contribution is -0.120. The Bertz CT molecular complexity index is 749. The van der Waals surface area contributed by atoms with Crippen LogP contribution in [0.25, 0.3) is 0 Å². The smallest absolute Gasteiger partial charge is 0.408 e. The average molecular weight is 339 g/mol. The number of fused-ring (bicyclic) bond motifs is 1. The van der Waals surface area contributed by atoms with Crippen LogP contribution < -0.4 is 10.2 Å². The first-order chi connectivity index (χ1) is 12.1. The van der Waals surface area contributed by atoms with Crippen molar-refractivity contribution in [2.45, 2.75) is 32.4 Å². The van der Waals surface area contributed by atoms with E-state index in [0.717, 1.165) is 29.8 Å². The Labute approximate surface area is 146 Å². The summed E-state index contributed by atoms with van der Waals surface area (Å²) in [6.45, 7) is 2.46. The number of benzene rings is 1. The fraction of sp³-hybridized carbons (Fsp3) is 0.316. The fourth-order valence-electron chi connectivity index (χ4n) is 2.86. The molecule has 6 heteroatoms. The van der Waals surface area contributed by atoms with Crippen molar-refractivity contribution in [1.82, 2.24) is 10.3 Å². The molecule has 0 radical (unpaired) electrons.